The molecule has 0 saturated heterocycles. The first-order valence-electron chi connectivity index (χ1n) is 5.59. The molecule has 0 aliphatic carbocycles. The van der Waals surface area contributed by atoms with Crippen LogP contribution >= 0.6 is 11.6 Å². The molecule has 0 heterocycles. The van der Waals surface area contributed by atoms with Crippen molar-refractivity contribution in [2.24, 2.45) is 0 Å². The summed E-state index contributed by atoms with van der Waals surface area (Å²) >= 11 is 5.59. The number of aliphatic hydroxyl groups is 1. The second kappa shape index (κ2) is 8.51. The van der Waals surface area contributed by atoms with Crippen LogP contribution in [-0.2, 0) is 0 Å². The molecule has 1 N–H and O–H groups in total. The lowest BCUT2D eigenvalue weighted by atomic mass is 10.2. The number of alkyl halides is 1. The number of rotatable bonds is 8. The molecule has 0 bridgehead atoms. The number of hydrogen-bond donors (Lipinski definition) is 1. The molecule has 2 nitrogen and oxygen atoms in total. The highest BCUT2D eigenvalue weighted by molar-refractivity contribution is 6.18. The minimum atomic E-state index is -0.388. The fraction of sp³-hybridized carbons (Fsp3) is 1.00. The van der Waals surface area contributed by atoms with E-state index in [-0.39, 0.29) is 6.10 Å². The topological polar surface area (TPSA) is 23.5 Å². The van der Waals surface area contributed by atoms with Gasteiger partial charge in [-0.25, -0.2) is 0 Å². The third kappa shape index (κ3) is 6.63. The van der Waals surface area contributed by atoms with Crippen molar-refractivity contribution >= 4 is 11.6 Å². The van der Waals surface area contributed by atoms with E-state index in [4.69, 9.17) is 11.6 Å². The molecule has 1 atom stereocenters. The lowest BCUT2D eigenvalue weighted by molar-refractivity contribution is 0.108. The minimum absolute atomic E-state index is 0.330. The Hall–Kier alpha value is 0.210. The van der Waals surface area contributed by atoms with Crippen LogP contribution < -0.4 is 0 Å². The number of nitrogens with zero attached hydrogens (tertiary/aromatic N) is 1. The minimum Gasteiger partial charge on any atom is -0.391 e. The van der Waals surface area contributed by atoms with Gasteiger partial charge in [0, 0.05) is 18.5 Å². The van der Waals surface area contributed by atoms with Crippen LogP contribution in [0.3, 0.4) is 0 Å². The summed E-state index contributed by atoms with van der Waals surface area (Å²) in [5, 5.41) is 9.46. The summed E-state index contributed by atoms with van der Waals surface area (Å²) in [7, 11) is 0. The van der Waals surface area contributed by atoms with Crippen molar-refractivity contribution in [1.29, 1.82) is 0 Å². The standard InChI is InChI=1S/C11H24ClNO/c1-4-5-6-7-13(10(2)3)9-11(14)8-12/h10-11,14H,4-9H2,1-3H3. The summed E-state index contributed by atoms with van der Waals surface area (Å²) in [5.41, 5.74) is 0. The monoisotopic (exact) mass is 221 g/mol. The summed E-state index contributed by atoms with van der Waals surface area (Å²) in [5.74, 6) is 0.330. The summed E-state index contributed by atoms with van der Waals surface area (Å²) < 4.78 is 0. The first kappa shape index (κ1) is 14.2. The number of hydrogen-bond acceptors (Lipinski definition) is 2. The second-order valence-electron chi connectivity index (χ2n) is 4.10. The van der Waals surface area contributed by atoms with Gasteiger partial charge >= 0.3 is 0 Å². The molecule has 0 rings (SSSR count). The molecule has 0 spiro atoms. The van der Waals surface area contributed by atoms with E-state index in [9.17, 15) is 5.11 Å². The summed E-state index contributed by atoms with van der Waals surface area (Å²) in [4.78, 5) is 2.29. The first-order chi connectivity index (χ1) is 6.61. The highest BCUT2D eigenvalue weighted by atomic mass is 35.5. The molecule has 86 valence electrons. The van der Waals surface area contributed by atoms with Gasteiger partial charge < -0.3 is 5.11 Å². The smallest absolute Gasteiger partial charge is 0.0802 e. The van der Waals surface area contributed by atoms with Crippen molar-refractivity contribution < 1.29 is 5.11 Å². The normalized spacial score (nSPS) is 13.9. The van der Waals surface area contributed by atoms with Crippen LogP contribution in [0.25, 0.3) is 0 Å². The fourth-order valence-corrected chi connectivity index (χ4v) is 1.54. The average molecular weight is 222 g/mol. The van der Waals surface area contributed by atoms with Gasteiger partial charge in [-0.15, -0.1) is 11.6 Å². The van der Waals surface area contributed by atoms with Gasteiger partial charge in [0.15, 0.2) is 0 Å². The Morgan fingerprint density at radius 2 is 1.93 bits per heavy atom. The van der Waals surface area contributed by atoms with Crippen molar-refractivity contribution in [2.45, 2.75) is 52.2 Å². The quantitative estimate of drug-likeness (QED) is 0.503. The predicted molar refractivity (Wildman–Crippen MR) is 63.0 cm³/mol. The molecule has 14 heavy (non-hydrogen) atoms. The SMILES string of the molecule is CCCCCN(CC(O)CCl)C(C)C. The molecule has 0 fully saturated rings. The van der Waals surface area contributed by atoms with Gasteiger partial charge in [0.25, 0.3) is 0 Å². The van der Waals surface area contributed by atoms with Gasteiger partial charge in [-0.3, -0.25) is 4.90 Å². The Labute approximate surface area is 93.2 Å². The molecule has 1 unspecified atom stereocenters. The molecule has 0 aliphatic heterocycles. The maximum absolute atomic E-state index is 9.46. The summed E-state index contributed by atoms with van der Waals surface area (Å²) in [6, 6.07) is 0.490. The van der Waals surface area contributed by atoms with Crippen LogP contribution in [-0.4, -0.2) is 41.1 Å². The van der Waals surface area contributed by atoms with Crippen LogP contribution in [0.4, 0.5) is 0 Å². The third-order valence-corrected chi connectivity index (χ3v) is 2.76. The van der Waals surface area contributed by atoms with Gasteiger partial charge in [0.05, 0.1) is 6.10 Å². The maximum Gasteiger partial charge on any atom is 0.0802 e. The molecule has 0 amide bonds. The van der Waals surface area contributed by atoms with Crippen LogP contribution in [0.1, 0.15) is 40.0 Å². The van der Waals surface area contributed by atoms with Crippen LogP contribution in [0.2, 0.25) is 0 Å². The Morgan fingerprint density at radius 3 is 2.36 bits per heavy atom. The maximum atomic E-state index is 9.46. The van der Waals surface area contributed by atoms with Crippen molar-refractivity contribution in [3.63, 3.8) is 0 Å². The first-order valence-corrected chi connectivity index (χ1v) is 6.13. The van der Waals surface area contributed by atoms with Gasteiger partial charge in [0.2, 0.25) is 0 Å². The largest absolute Gasteiger partial charge is 0.391 e. The molecule has 0 saturated carbocycles. The van der Waals surface area contributed by atoms with Crippen molar-refractivity contribution in [3.8, 4) is 0 Å². The molecule has 0 aromatic rings. The number of halogens is 1. The Balaban J connectivity index is 3.77. The van der Waals surface area contributed by atoms with E-state index >= 15 is 0 Å². The Kier molecular flexibility index (Phi) is 8.64. The van der Waals surface area contributed by atoms with E-state index in [2.05, 4.69) is 25.7 Å². The van der Waals surface area contributed by atoms with E-state index in [1.54, 1.807) is 0 Å². The Bertz CT molecular complexity index is 130. The molecular weight excluding hydrogens is 198 g/mol. The lowest BCUT2D eigenvalue weighted by Gasteiger charge is -2.28. The third-order valence-electron chi connectivity index (χ3n) is 2.40. The van der Waals surface area contributed by atoms with Gasteiger partial charge in [-0.1, -0.05) is 19.8 Å². The summed E-state index contributed by atoms with van der Waals surface area (Å²) in [6.07, 6.45) is 3.33. The van der Waals surface area contributed by atoms with E-state index in [0.717, 1.165) is 6.54 Å². The molecule has 0 aromatic carbocycles. The summed E-state index contributed by atoms with van der Waals surface area (Å²) in [6.45, 7) is 8.29. The predicted octanol–water partition coefficient (Wildman–Crippen LogP) is 2.49. The zero-order valence-electron chi connectivity index (χ0n) is 9.67. The highest BCUT2D eigenvalue weighted by Gasteiger charge is 2.13. The van der Waals surface area contributed by atoms with Gasteiger partial charge in [-0.2, -0.15) is 0 Å². The highest BCUT2D eigenvalue weighted by Crippen LogP contribution is 2.05. The second-order valence-corrected chi connectivity index (χ2v) is 4.41. The zero-order chi connectivity index (χ0) is 11.0. The van der Waals surface area contributed by atoms with Gasteiger partial charge in [0.1, 0.15) is 0 Å². The van der Waals surface area contributed by atoms with Crippen molar-refractivity contribution in [2.75, 3.05) is 19.0 Å². The van der Waals surface area contributed by atoms with E-state index < -0.39 is 0 Å². The number of aliphatic hydroxyl groups excluding tert-OH is 1. The number of unbranched alkanes of at least 4 members (excludes halogenated alkanes) is 2. The van der Waals surface area contributed by atoms with Gasteiger partial charge in [-0.05, 0) is 26.8 Å². The molecule has 0 aromatic heterocycles. The zero-order valence-corrected chi connectivity index (χ0v) is 10.4. The lowest BCUT2D eigenvalue weighted by Crippen LogP contribution is -2.38. The van der Waals surface area contributed by atoms with Crippen LogP contribution in [0, 0.1) is 0 Å². The fourth-order valence-electron chi connectivity index (χ4n) is 1.44. The van der Waals surface area contributed by atoms with E-state index in [1.807, 2.05) is 0 Å². The molecular formula is C11H24ClNO. The van der Waals surface area contributed by atoms with Crippen molar-refractivity contribution in [3.05, 3.63) is 0 Å². The van der Waals surface area contributed by atoms with Crippen LogP contribution in [0.15, 0.2) is 0 Å². The van der Waals surface area contributed by atoms with E-state index in [0.29, 0.717) is 18.5 Å². The molecule has 3 heteroatoms. The average Bonchev–Trinajstić information content (AvgIpc) is 2.16. The molecule has 0 aliphatic rings. The van der Waals surface area contributed by atoms with Crippen LogP contribution in [0.5, 0.6) is 0 Å². The van der Waals surface area contributed by atoms with Crippen molar-refractivity contribution in [1.82, 2.24) is 4.90 Å². The van der Waals surface area contributed by atoms with E-state index in [1.165, 1.54) is 19.3 Å². The Morgan fingerprint density at radius 1 is 1.29 bits per heavy atom. The molecule has 0 radical (unpaired) electrons.